The Balaban J connectivity index is 4.40. The number of nitrogens with two attached hydrogens (primary N) is 1. The van der Waals surface area contributed by atoms with Crippen LogP contribution in [0.2, 0.25) is 0 Å². The molecule has 0 aromatic heterocycles. The zero-order valence-electron chi connectivity index (χ0n) is 5.74. The van der Waals surface area contributed by atoms with Gasteiger partial charge in [0.25, 0.3) is 0 Å². The van der Waals surface area contributed by atoms with Crippen molar-refractivity contribution in [1.82, 2.24) is 0 Å². The molecule has 0 amide bonds. The van der Waals surface area contributed by atoms with Gasteiger partial charge in [-0.05, 0) is 13.8 Å². The molecule has 0 rings (SSSR count). The summed E-state index contributed by atoms with van der Waals surface area (Å²) in [5.74, 6) is 0. The van der Waals surface area contributed by atoms with E-state index in [2.05, 4.69) is 0 Å². The Morgan fingerprint density at radius 2 is 1.70 bits per heavy atom. The average molecular weight is 157 g/mol. The van der Waals surface area contributed by atoms with Crippen molar-refractivity contribution in [1.29, 1.82) is 0 Å². The summed E-state index contributed by atoms with van der Waals surface area (Å²) >= 11 is 0. The Hall–Kier alpha value is -0.290. The van der Waals surface area contributed by atoms with Crippen molar-refractivity contribution in [2.45, 2.75) is 31.7 Å². The van der Waals surface area contributed by atoms with E-state index in [0.29, 0.717) is 6.92 Å². The molecule has 3 N–H and O–H groups in total. The van der Waals surface area contributed by atoms with Crippen molar-refractivity contribution in [2.75, 3.05) is 0 Å². The average Bonchev–Trinajstić information content (AvgIpc) is 1.62. The van der Waals surface area contributed by atoms with E-state index in [4.69, 9.17) is 10.8 Å². The van der Waals surface area contributed by atoms with Gasteiger partial charge >= 0.3 is 6.18 Å². The number of rotatable bonds is 1. The predicted molar refractivity (Wildman–Crippen MR) is 30.3 cm³/mol. The van der Waals surface area contributed by atoms with Gasteiger partial charge in [0.1, 0.15) is 0 Å². The molecule has 5 heteroatoms. The van der Waals surface area contributed by atoms with Crippen LogP contribution >= 0.6 is 0 Å². The van der Waals surface area contributed by atoms with E-state index in [0.717, 1.165) is 6.92 Å². The van der Waals surface area contributed by atoms with E-state index in [-0.39, 0.29) is 0 Å². The summed E-state index contributed by atoms with van der Waals surface area (Å²) in [5.41, 5.74) is 2.10. The quantitative estimate of drug-likeness (QED) is 0.587. The Kier molecular flexibility index (Phi) is 2.32. The van der Waals surface area contributed by atoms with Crippen LogP contribution in [0.1, 0.15) is 13.8 Å². The van der Waals surface area contributed by atoms with E-state index in [9.17, 15) is 13.2 Å². The monoisotopic (exact) mass is 157 g/mol. The Bertz CT molecular complexity index is 119. The molecule has 0 aliphatic heterocycles. The molecule has 0 aliphatic carbocycles. The van der Waals surface area contributed by atoms with Gasteiger partial charge in [-0.1, -0.05) is 0 Å². The highest BCUT2D eigenvalue weighted by molar-refractivity contribution is 4.88. The van der Waals surface area contributed by atoms with E-state index in [1.54, 1.807) is 0 Å². The number of aliphatic hydroxyl groups is 1. The first kappa shape index (κ1) is 9.71. The normalized spacial score (nSPS) is 21.9. The molecule has 0 bridgehead atoms. The van der Waals surface area contributed by atoms with Crippen LogP contribution in [0.4, 0.5) is 13.2 Å². The summed E-state index contributed by atoms with van der Waals surface area (Å²) in [5, 5.41) is 8.68. The fourth-order valence-corrected chi connectivity index (χ4v) is 0.258. The molecule has 0 radical (unpaired) electrons. The summed E-state index contributed by atoms with van der Waals surface area (Å²) in [6.07, 6.45) is -4.65. The number of alkyl halides is 3. The van der Waals surface area contributed by atoms with Gasteiger partial charge in [-0.2, -0.15) is 13.2 Å². The van der Waals surface area contributed by atoms with Gasteiger partial charge in [-0.25, -0.2) is 0 Å². The van der Waals surface area contributed by atoms with Gasteiger partial charge in [0.15, 0.2) is 5.60 Å². The third kappa shape index (κ3) is 1.60. The van der Waals surface area contributed by atoms with Crippen LogP contribution in [0.3, 0.4) is 0 Å². The first-order chi connectivity index (χ1) is 4.19. The molecule has 0 heterocycles. The predicted octanol–water partition coefficient (Wildman–Crippen LogP) is 0.647. The highest BCUT2D eigenvalue weighted by Crippen LogP contribution is 2.31. The molecular weight excluding hydrogens is 147 g/mol. The topological polar surface area (TPSA) is 46.2 Å². The highest BCUT2D eigenvalue weighted by Gasteiger charge is 2.52. The summed E-state index contributed by atoms with van der Waals surface area (Å²) in [4.78, 5) is 0. The lowest BCUT2D eigenvalue weighted by Gasteiger charge is -2.29. The molecule has 2 atom stereocenters. The second-order valence-electron chi connectivity index (χ2n) is 2.43. The molecule has 0 saturated carbocycles. The lowest BCUT2D eigenvalue weighted by Crippen LogP contribution is -2.54. The summed E-state index contributed by atoms with van der Waals surface area (Å²) in [6, 6.07) is -1.31. The van der Waals surface area contributed by atoms with Gasteiger partial charge < -0.3 is 10.8 Å². The Morgan fingerprint density at radius 3 is 1.70 bits per heavy atom. The first-order valence-corrected chi connectivity index (χ1v) is 2.74. The highest BCUT2D eigenvalue weighted by atomic mass is 19.4. The van der Waals surface area contributed by atoms with E-state index in [1.807, 2.05) is 0 Å². The van der Waals surface area contributed by atoms with Crippen LogP contribution in [0.5, 0.6) is 0 Å². The van der Waals surface area contributed by atoms with Crippen molar-refractivity contribution in [3.8, 4) is 0 Å². The van der Waals surface area contributed by atoms with E-state index >= 15 is 0 Å². The second kappa shape index (κ2) is 2.39. The van der Waals surface area contributed by atoms with Crippen molar-refractivity contribution < 1.29 is 18.3 Å². The summed E-state index contributed by atoms with van der Waals surface area (Å²) in [6.45, 7) is 1.76. The first-order valence-electron chi connectivity index (χ1n) is 2.74. The maximum Gasteiger partial charge on any atom is 0.418 e. The summed E-state index contributed by atoms with van der Waals surface area (Å²) < 4.78 is 35.3. The maximum atomic E-state index is 11.8. The van der Waals surface area contributed by atoms with Crippen LogP contribution in [0, 0.1) is 0 Å². The molecule has 62 valence electrons. The van der Waals surface area contributed by atoms with Crippen molar-refractivity contribution in [3.05, 3.63) is 0 Å². The molecule has 0 spiro atoms. The van der Waals surface area contributed by atoms with Crippen LogP contribution in [0.15, 0.2) is 0 Å². The Morgan fingerprint density at radius 1 is 1.40 bits per heavy atom. The number of hydrogen-bond acceptors (Lipinski definition) is 2. The third-order valence-corrected chi connectivity index (χ3v) is 1.46. The second-order valence-corrected chi connectivity index (χ2v) is 2.43. The SMILES string of the molecule is C[C@H](N)[C@](C)(O)C(F)(F)F. The Labute approximate surface area is 56.8 Å². The smallest absolute Gasteiger partial charge is 0.379 e. The van der Waals surface area contributed by atoms with Crippen molar-refractivity contribution >= 4 is 0 Å². The van der Waals surface area contributed by atoms with Gasteiger partial charge in [0.05, 0.1) is 0 Å². The zero-order valence-corrected chi connectivity index (χ0v) is 5.74. The third-order valence-electron chi connectivity index (χ3n) is 1.46. The van der Waals surface area contributed by atoms with Crippen molar-refractivity contribution in [2.24, 2.45) is 5.73 Å². The fraction of sp³-hybridized carbons (Fsp3) is 1.00. The maximum absolute atomic E-state index is 11.8. The molecule has 0 unspecified atom stereocenters. The number of hydrogen-bond donors (Lipinski definition) is 2. The minimum absolute atomic E-state index is 0.650. The standard InChI is InChI=1S/C5H10F3NO/c1-3(9)4(2,10)5(6,7)8/h3,10H,9H2,1-2H3/t3-,4-/m0/s1. The van der Waals surface area contributed by atoms with Crippen LogP contribution in [-0.2, 0) is 0 Å². The lowest BCUT2D eigenvalue weighted by atomic mass is 9.98. The molecule has 10 heavy (non-hydrogen) atoms. The molecule has 0 saturated heterocycles. The minimum Gasteiger partial charge on any atom is -0.379 e. The van der Waals surface area contributed by atoms with E-state index in [1.165, 1.54) is 0 Å². The molecule has 2 nitrogen and oxygen atoms in total. The van der Waals surface area contributed by atoms with Crippen LogP contribution < -0.4 is 5.73 Å². The molecule has 0 aromatic rings. The van der Waals surface area contributed by atoms with Gasteiger partial charge in [-0.15, -0.1) is 0 Å². The zero-order chi connectivity index (χ0) is 8.58. The molecule has 0 fully saturated rings. The van der Waals surface area contributed by atoms with Gasteiger partial charge in [0.2, 0.25) is 0 Å². The fourth-order valence-electron chi connectivity index (χ4n) is 0.258. The molecular formula is C5H10F3NO. The van der Waals surface area contributed by atoms with E-state index < -0.39 is 17.8 Å². The van der Waals surface area contributed by atoms with Crippen molar-refractivity contribution in [3.63, 3.8) is 0 Å². The van der Waals surface area contributed by atoms with Gasteiger partial charge in [0, 0.05) is 6.04 Å². The largest absolute Gasteiger partial charge is 0.418 e. The summed E-state index contributed by atoms with van der Waals surface area (Å²) in [7, 11) is 0. The van der Waals surface area contributed by atoms with Crippen LogP contribution in [-0.4, -0.2) is 22.9 Å². The molecule has 0 aliphatic rings. The minimum atomic E-state index is -4.65. The van der Waals surface area contributed by atoms with Gasteiger partial charge in [-0.3, -0.25) is 0 Å². The lowest BCUT2D eigenvalue weighted by molar-refractivity contribution is -0.258. The molecule has 0 aromatic carbocycles. The number of halogens is 3. The van der Waals surface area contributed by atoms with Crippen LogP contribution in [0.25, 0.3) is 0 Å².